The van der Waals surface area contributed by atoms with Gasteiger partial charge in [-0.1, -0.05) is 24.3 Å². The highest BCUT2D eigenvalue weighted by Crippen LogP contribution is 2.27. The number of nitrogens with zero attached hydrogens (tertiary/aromatic N) is 2. The van der Waals surface area contributed by atoms with Gasteiger partial charge in [0.05, 0.1) is 17.1 Å². The number of halogens is 1. The number of aromatic nitrogens is 1. The predicted octanol–water partition coefficient (Wildman–Crippen LogP) is 4.34. The Morgan fingerprint density at radius 2 is 2.03 bits per heavy atom. The van der Waals surface area contributed by atoms with Gasteiger partial charge in [0.2, 0.25) is 5.91 Å². The molecule has 2 heterocycles. The van der Waals surface area contributed by atoms with Gasteiger partial charge in [0.25, 0.3) is 5.91 Å². The first-order valence-corrected chi connectivity index (χ1v) is 11.4. The Kier molecular flexibility index (Phi) is 6.15. The molecule has 1 N–H and O–H groups in total. The molecule has 0 aliphatic carbocycles. The summed E-state index contributed by atoms with van der Waals surface area (Å²) in [6, 6.07) is 13.3. The number of hydrogen-bond acceptors (Lipinski definition) is 5. The molecule has 4 rings (SSSR count). The standard InChI is InChI=1S/C22H20FN3O2S2/c1-14-3-2-4-17(9-14)25-21(27)18-12-29-13-26(18)22(28)19-11-24-20(30-19)10-15-5-7-16(23)8-6-15/h2-9,11,18H,10,12-13H2,1H3,(H,25,27). The van der Waals surface area contributed by atoms with E-state index in [2.05, 4.69) is 10.3 Å². The fourth-order valence-electron chi connectivity index (χ4n) is 3.22. The zero-order chi connectivity index (χ0) is 21.1. The predicted molar refractivity (Wildman–Crippen MR) is 118 cm³/mol. The smallest absolute Gasteiger partial charge is 0.266 e. The quantitative estimate of drug-likeness (QED) is 0.640. The third-order valence-electron chi connectivity index (χ3n) is 4.76. The summed E-state index contributed by atoms with van der Waals surface area (Å²) in [6.07, 6.45) is 2.09. The number of anilines is 1. The van der Waals surface area contributed by atoms with Gasteiger partial charge in [0.1, 0.15) is 16.7 Å². The van der Waals surface area contributed by atoms with Crippen molar-refractivity contribution in [1.82, 2.24) is 9.88 Å². The van der Waals surface area contributed by atoms with Crippen LogP contribution in [0, 0.1) is 12.7 Å². The van der Waals surface area contributed by atoms with E-state index in [4.69, 9.17) is 0 Å². The molecule has 0 spiro atoms. The van der Waals surface area contributed by atoms with Gasteiger partial charge in [-0.05, 0) is 42.3 Å². The largest absolute Gasteiger partial charge is 0.324 e. The Labute approximate surface area is 182 Å². The molecule has 0 saturated carbocycles. The first kappa shape index (κ1) is 20.6. The molecular weight excluding hydrogens is 421 g/mol. The summed E-state index contributed by atoms with van der Waals surface area (Å²) in [6.45, 7) is 1.96. The molecule has 154 valence electrons. The van der Waals surface area contributed by atoms with Crippen LogP contribution < -0.4 is 5.32 Å². The number of nitrogens with one attached hydrogen (secondary N) is 1. The fourth-order valence-corrected chi connectivity index (χ4v) is 5.28. The van der Waals surface area contributed by atoms with Crippen LogP contribution in [0.1, 0.15) is 25.8 Å². The van der Waals surface area contributed by atoms with E-state index in [9.17, 15) is 14.0 Å². The van der Waals surface area contributed by atoms with Crippen LogP contribution in [0.3, 0.4) is 0 Å². The Balaban J connectivity index is 1.43. The number of aryl methyl sites for hydroxylation is 1. The molecule has 5 nitrogen and oxygen atoms in total. The Bertz CT molecular complexity index is 1070. The van der Waals surface area contributed by atoms with Crippen molar-refractivity contribution in [2.75, 3.05) is 16.9 Å². The second kappa shape index (κ2) is 8.97. The fraction of sp³-hybridized carbons (Fsp3) is 0.227. The number of amides is 2. The van der Waals surface area contributed by atoms with E-state index >= 15 is 0 Å². The van der Waals surface area contributed by atoms with Gasteiger partial charge >= 0.3 is 0 Å². The highest BCUT2D eigenvalue weighted by atomic mass is 32.2. The average Bonchev–Trinajstić information content (AvgIpc) is 3.39. The van der Waals surface area contributed by atoms with E-state index in [0.29, 0.717) is 22.9 Å². The molecule has 1 aliphatic rings. The lowest BCUT2D eigenvalue weighted by atomic mass is 10.2. The average molecular weight is 442 g/mol. The second-order valence-corrected chi connectivity index (χ2v) is 9.19. The van der Waals surface area contributed by atoms with Crippen molar-refractivity contribution in [3.05, 3.63) is 81.6 Å². The first-order valence-electron chi connectivity index (χ1n) is 9.45. The zero-order valence-corrected chi connectivity index (χ0v) is 17.9. The number of benzene rings is 2. The van der Waals surface area contributed by atoms with Crippen LogP contribution in [0.4, 0.5) is 10.1 Å². The highest BCUT2D eigenvalue weighted by molar-refractivity contribution is 7.99. The molecule has 1 aliphatic heterocycles. The summed E-state index contributed by atoms with van der Waals surface area (Å²) < 4.78 is 13.1. The summed E-state index contributed by atoms with van der Waals surface area (Å²) in [5.41, 5.74) is 2.71. The number of rotatable bonds is 5. The molecule has 1 atom stereocenters. The number of carbonyl (C=O) groups excluding carboxylic acids is 2. The molecule has 2 aromatic carbocycles. The van der Waals surface area contributed by atoms with Crippen molar-refractivity contribution in [3.8, 4) is 0 Å². The van der Waals surface area contributed by atoms with Gasteiger partial charge in [-0.15, -0.1) is 23.1 Å². The van der Waals surface area contributed by atoms with Crippen LogP contribution in [0.5, 0.6) is 0 Å². The normalized spacial score (nSPS) is 15.9. The van der Waals surface area contributed by atoms with Crippen LogP contribution in [-0.2, 0) is 11.2 Å². The number of carbonyl (C=O) groups is 2. The lowest BCUT2D eigenvalue weighted by Gasteiger charge is -2.22. The van der Waals surface area contributed by atoms with E-state index in [1.165, 1.54) is 23.5 Å². The minimum Gasteiger partial charge on any atom is -0.324 e. The molecule has 0 bridgehead atoms. The van der Waals surface area contributed by atoms with E-state index < -0.39 is 6.04 Å². The van der Waals surface area contributed by atoms with Crippen molar-refractivity contribution in [3.63, 3.8) is 0 Å². The Morgan fingerprint density at radius 3 is 2.80 bits per heavy atom. The molecule has 1 unspecified atom stereocenters. The summed E-state index contributed by atoms with van der Waals surface area (Å²) in [4.78, 5) is 32.3. The van der Waals surface area contributed by atoms with Gasteiger partial charge in [0, 0.05) is 17.9 Å². The van der Waals surface area contributed by atoms with Gasteiger partial charge in [-0.25, -0.2) is 9.37 Å². The number of thioether (sulfide) groups is 1. The molecule has 1 fully saturated rings. The molecule has 0 radical (unpaired) electrons. The SMILES string of the molecule is Cc1cccc(NC(=O)C2CSCN2C(=O)c2cnc(Cc3ccc(F)cc3)s2)c1. The van der Waals surface area contributed by atoms with Crippen molar-refractivity contribution in [2.24, 2.45) is 0 Å². The molecule has 8 heteroatoms. The Hall–Kier alpha value is -2.71. The van der Waals surface area contributed by atoms with Crippen LogP contribution >= 0.6 is 23.1 Å². The summed E-state index contributed by atoms with van der Waals surface area (Å²) >= 11 is 2.87. The van der Waals surface area contributed by atoms with E-state index in [1.807, 2.05) is 31.2 Å². The summed E-state index contributed by atoms with van der Waals surface area (Å²) in [5, 5.41) is 3.69. The van der Waals surface area contributed by atoms with Crippen molar-refractivity contribution in [2.45, 2.75) is 19.4 Å². The monoisotopic (exact) mass is 441 g/mol. The second-order valence-electron chi connectivity index (χ2n) is 7.07. The third kappa shape index (κ3) is 4.71. The number of thiazole rings is 1. The van der Waals surface area contributed by atoms with Crippen molar-refractivity contribution >= 4 is 40.6 Å². The lowest BCUT2D eigenvalue weighted by molar-refractivity contribution is -0.119. The van der Waals surface area contributed by atoms with Crippen molar-refractivity contribution in [1.29, 1.82) is 0 Å². The highest BCUT2D eigenvalue weighted by Gasteiger charge is 2.36. The van der Waals surface area contributed by atoms with Gasteiger partial charge in [-0.3, -0.25) is 9.59 Å². The Morgan fingerprint density at radius 1 is 1.23 bits per heavy atom. The van der Waals surface area contributed by atoms with Gasteiger partial charge in [0.15, 0.2) is 0 Å². The van der Waals surface area contributed by atoms with Crippen LogP contribution in [-0.4, -0.2) is 39.4 Å². The maximum absolute atomic E-state index is 13.1. The maximum Gasteiger partial charge on any atom is 0.266 e. The van der Waals surface area contributed by atoms with Gasteiger partial charge < -0.3 is 10.2 Å². The molecule has 1 aromatic heterocycles. The molecule has 30 heavy (non-hydrogen) atoms. The molecule has 1 saturated heterocycles. The summed E-state index contributed by atoms with van der Waals surface area (Å²) in [5.74, 6) is 0.373. The lowest BCUT2D eigenvalue weighted by Crippen LogP contribution is -2.44. The van der Waals surface area contributed by atoms with Gasteiger partial charge in [-0.2, -0.15) is 0 Å². The minimum atomic E-state index is -0.523. The molecular formula is C22H20FN3O2S2. The minimum absolute atomic E-state index is 0.185. The number of hydrogen-bond donors (Lipinski definition) is 1. The zero-order valence-electron chi connectivity index (χ0n) is 16.3. The topological polar surface area (TPSA) is 62.3 Å². The molecule has 2 amide bonds. The first-order chi connectivity index (χ1) is 14.5. The van der Waals surface area contributed by atoms with E-state index in [-0.39, 0.29) is 17.6 Å². The van der Waals surface area contributed by atoms with Crippen LogP contribution in [0.15, 0.2) is 54.7 Å². The third-order valence-corrected chi connectivity index (χ3v) is 6.76. The van der Waals surface area contributed by atoms with E-state index in [1.54, 1.807) is 35.0 Å². The van der Waals surface area contributed by atoms with E-state index in [0.717, 1.165) is 21.8 Å². The molecule has 3 aromatic rings. The van der Waals surface area contributed by atoms with Crippen molar-refractivity contribution < 1.29 is 14.0 Å². The van der Waals surface area contributed by atoms with Crippen LogP contribution in [0.25, 0.3) is 0 Å². The summed E-state index contributed by atoms with van der Waals surface area (Å²) in [7, 11) is 0. The maximum atomic E-state index is 13.1. The van der Waals surface area contributed by atoms with Crippen LogP contribution in [0.2, 0.25) is 0 Å².